The minimum atomic E-state index is 0.398. The van der Waals surface area contributed by atoms with E-state index in [9.17, 15) is 0 Å². The second kappa shape index (κ2) is 5.44. The van der Waals surface area contributed by atoms with Crippen molar-refractivity contribution in [3.63, 3.8) is 0 Å². The molecule has 0 fully saturated rings. The number of benzene rings is 1. The maximum absolute atomic E-state index is 4.83. The molecule has 0 saturated heterocycles. The third kappa shape index (κ3) is 2.18. The number of anilines is 2. The Hall–Kier alpha value is -1.55. The Labute approximate surface area is 121 Å². The van der Waals surface area contributed by atoms with Gasteiger partial charge in [-0.1, -0.05) is 26.0 Å². The van der Waals surface area contributed by atoms with Crippen LogP contribution in [-0.2, 0) is 0 Å². The van der Waals surface area contributed by atoms with E-state index < -0.39 is 0 Å². The first kappa shape index (κ1) is 13.4. The Morgan fingerprint density at radius 2 is 1.90 bits per heavy atom. The van der Waals surface area contributed by atoms with Crippen molar-refractivity contribution in [1.82, 2.24) is 4.90 Å². The van der Waals surface area contributed by atoms with Crippen LogP contribution in [0.4, 0.5) is 11.4 Å². The van der Waals surface area contributed by atoms with Crippen molar-refractivity contribution in [2.24, 2.45) is 4.99 Å². The summed E-state index contributed by atoms with van der Waals surface area (Å²) in [6.07, 6.45) is 0. The van der Waals surface area contributed by atoms with Gasteiger partial charge >= 0.3 is 0 Å². The van der Waals surface area contributed by atoms with Crippen molar-refractivity contribution in [3.05, 3.63) is 24.3 Å². The summed E-state index contributed by atoms with van der Waals surface area (Å²) in [6, 6.07) is 9.06. The first-order chi connectivity index (χ1) is 9.74. The van der Waals surface area contributed by atoms with Gasteiger partial charge in [-0.3, -0.25) is 0 Å². The lowest BCUT2D eigenvalue weighted by Crippen LogP contribution is -2.40. The van der Waals surface area contributed by atoms with Crippen LogP contribution in [0.2, 0.25) is 0 Å². The molecule has 0 spiro atoms. The number of guanidine groups is 1. The van der Waals surface area contributed by atoms with Crippen molar-refractivity contribution < 1.29 is 0 Å². The lowest BCUT2D eigenvalue weighted by molar-refractivity contribution is 0.313. The van der Waals surface area contributed by atoms with Crippen LogP contribution in [0.25, 0.3) is 0 Å². The van der Waals surface area contributed by atoms with E-state index in [2.05, 4.69) is 59.7 Å². The molecule has 108 valence electrons. The van der Waals surface area contributed by atoms with Crippen molar-refractivity contribution in [2.45, 2.75) is 26.8 Å². The van der Waals surface area contributed by atoms with Gasteiger partial charge in [-0.25, -0.2) is 4.99 Å². The Bertz CT molecular complexity index is 507. The summed E-state index contributed by atoms with van der Waals surface area (Å²) < 4.78 is 0. The second-order valence-electron chi connectivity index (χ2n) is 5.56. The van der Waals surface area contributed by atoms with Crippen molar-refractivity contribution in [2.75, 3.05) is 42.5 Å². The molecule has 1 atom stereocenters. The van der Waals surface area contributed by atoms with Crippen LogP contribution in [0.15, 0.2) is 29.3 Å². The molecule has 2 heterocycles. The number of nitrogens with zero attached hydrogens (tertiary/aromatic N) is 4. The number of para-hydroxylation sites is 2. The van der Waals surface area contributed by atoms with Gasteiger partial charge in [0.25, 0.3) is 0 Å². The largest absolute Gasteiger partial charge is 0.309 e. The molecule has 1 aromatic carbocycles. The smallest absolute Gasteiger partial charge is 0.206 e. The number of rotatable bonds is 5. The van der Waals surface area contributed by atoms with E-state index in [-0.39, 0.29) is 0 Å². The average molecular weight is 272 g/mol. The zero-order valence-electron chi connectivity index (χ0n) is 12.7. The first-order valence-corrected chi connectivity index (χ1v) is 7.68. The number of hydrogen-bond acceptors (Lipinski definition) is 4. The maximum Gasteiger partial charge on any atom is 0.206 e. The summed E-state index contributed by atoms with van der Waals surface area (Å²) in [7, 11) is 0. The third-order valence-corrected chi connectivity index (χ3v) is 4.26. The highest BCUT2D eigenvalue weighted by molar-refractivity contribution is 6.17. The molecule has 3 rings (SSSR count). The highest BCUT2D eigenvalue weighted by atomic mass is 15.5. The predicted octanol–water partition coefficient (Wildman–Crippen LogP) is 2.41. The van der Waals surface area contributed by atoms with Gasteiger partial charge < -0.3 is 14.7 Å². The number of fused-ring (bicyclic) bond motifs is 3. The number of aliphatic imine (C=N–C) groups is 1. The Morgan fingerprint density at radius 1 is 1.20 bits per heavy atom. The van der Waals surface area contributed by atoms with E-state index in [0.717, 1.165) is 38.7 Å². The summed E-state index contributed by atoms with van der Waals surface area (Å²) in [6.45, 7) is 12.0. The van der Waals surface area contributed by atoms with Crippen LogP contribution in [0.3, 0.4) is 0 Å². The monoisotopic (exact) mass is 272 g/mol. The molecule has 0 amide bonds. The van der Waals surface area contributed by atoms with Gasteiger partial charge in [-0.2, -0.15) is 0 Å². The zero-order chi connectivity index (χ0) is 14.1. The minimum absolute atomic E-state index is 0.398. The highest BCUT2D eigenvalue weighted by Crippen LogP contribution is 2.39. The lowest BCUT2D eigenvalue weighted by atomic mass is 10.2. The van der Waals surface area contributed by atoms with Gasteiger partial charge in [0.15, 0.2) is 0 Å². The summed E-state index contributed by atoms with van der Waals surface area (Å²) in [5.74, 6) is 1.14. The molecule has 0 N–H and O–H groups in total. The summed E-state index contributed by atoms with van der Waals surface area (Å²) >= 11 is 0. The Morgan fingerprint density at radius 3 is 2.60 bits per heavy atom. The normalized spacial score (nSPS) is 20.4. The first-order valence-electron chi connectivity index (χ1n) is 7.68. The number of hydrogen-bond donors (Lipinski definition) is 0. The molecule has 0 aliphatic carbocycles. The van der Waals surface area contributed by atoms with Gasteiger partial charge in [0.2, 0.25) is 5.96 Å². The van der Waals surface area contributed by atoms with Crippen LogP contribution >= 0.6 is 0 Å². The van der Waals surface area contributed by atoms with E-state index in [4.69, 9.17) is 4.99 Å². The van der Waals surface area contributed by atoms with Crippen LogP contribution in [-0.4, -0.2) is 49.6 Å². The average Bonchev–Trinajstić information content (AvgIpc) is 2.97. The molecule has 4 heteroatoms. The summed E-state index contributed by atoms with van der Waals surface area (Å²) in [5.41, 5.74) is 2.63. The number of likely N-dealkylation sites (N-methyl/N-ethyl adjacent to an activating group) is 1. The van der Waals surface area contributed by atoms with Crippen LogP contribution < -0.4 is 9.80 Å². The molecule has 20 heavy (non-hydrogen) atoms. The van der Waals surface area contributed by atoms with E-state index in [1.165, 1.54) is 11.4 Å². The van der Waals surface area contributed by atoms with E-state index in [1.54, 1.807) is 0 Å². The molecular formula is C16H24N4. The van der Waals surface area contributed by atoms with Gasteiger partial charge in [0.1, 0.15) is 0 Å². The van der Waals surface area contributed by atoms with Crippen molar-refractivity contribution in [1.29, 1.82) is 0 Å². The van der Waals surface area contributed by atoms with Crippen LogP contribution in [0, 0.1) is 0 Å². The maximum atomic E-state index is 4.83. The van der Waals surface area contributed by atoms with Crippen LogP contribution in [0.5, 0.6) is 0 Å². The van der Waals surface area contributed by atoms with E-state index in [1.807, 2.05) is 0 Å². The molecule has 0 aromatic heterocycles. The molecule has 0 radical (unpaired) electrons. The SMILES string of the molecule is CCN(CC)CCN1C2=NC(C)CN2c2ccccc21. The second-order valence-corrected chi connectivity index (χ2v) is 5.56. The van der Waals surface area contributed by atoms with E-state index in [0.29, 0.717) is 6.04 Å². The van der Waals surface area contributed by atoms with E-state index >= 15 is 0 Å². The molecule has 0 saturated carbocycles. The topological polar surface area (TPSA) is 22.1 Å². The predicted molar refractivity (Wildman–Crippen MR) is 85.8 cm³/mol. The fourth-order valence-electron chi connectivity index (χ4n) is 3.11. The van der Waals surface area contributed by atoms with Crippen LogP contribution in [0.1, 0.15) is 20.8 Å². The third-order valence-electron chi connectivity index (χ3n) is 4.26. The quantitative estimate of drug-likeness (QED) is 0.822. The van der Waals surface area contributed by atoms with Gasteiger partial charge in [-0.05, 0) is 32.1 Å². The lowest BCUT2D eigenvalue weighted by Gasteiger charge is -2.24. The standard InChI is InChI=1S/C16H24N4/c1-4-18(5-2)10-11-19-14-8-6-7-9-15(14)20-12-13(3)17-16(19)20/h6-9,13H,4-5,10-12H2,1-3H3. The zero-order valence-corrected chi connectivity index (χ0v) is 12.7. The highest BCUT2D eigenvalue weighted by Gasteiger charge is 2.36. The van der Waals surface area contributed by atoms with Gasteiger partial charge in [0.05, 0.1) is 17.4 Å². The Kier molecular flexibility index (Phi) is 3.66. The molecule has 4 nitrogen and oxygen atoms in total. The van der Waals surface area contributed by atoms with Gasteiger partial charge in [0, 0.05) is 19.6 Å². The molecule has 0 bridgehead atoms. The Balaban J connectivity index is 1.83. The summed E-state index contributed by atoms with van der Waals surface area (Å²) in [5, 5.41) is 0. The molecule has 1 aromatic rings. The fraction of sp³-hybridized carbons (Fsp3) is 0.562. The molecule has 1 unspecified atom stereocenters. The molecule has 2 aliphatic rings. The van der Waals surface area contributed by atoms with Crippen molar-refractivity contribution in [3.8, 4) is 0 Å². The minimum Gasteiger partial charge on any atom is -0.309 e. The molecular weight excluding hydrogens is 248 g/mol. The summed E-state index contributed by atoms with van der Waals surface area (Å²) in [4.78, 5) is 12.0. The fourth-order valence-corrected chi connectivity index (χ4v) is 3.11. The van der Waals surface area contributed by atoms with Crippen molar-refractivity contribution >= 4 is 17.3 Å². The van der Waals surface area contributed by atoms with Gasteiger partial charge in [-0.15, -0.1) is 0 Å². The molecule has 2 aliphatic heterocycles.